The first-order valence-electron chi connectivity index (χ1n) is 27.8. The highest BCUT2D eigenvalue weighted by molar-refractivity contribution is 7.81. The van der Waals surface area contributed by atoms with Gasteiger partial charge in [-0.3, -0.25) is 38.9 Å². The van der Waals surface area contributed by atoms with Crippen LogP contribution in [-0.2, 0) is 51.1 Å². The fraction of sp³-hybridized carbons (Fsp3) is 0.655. The van der Waals surface area contributed by atoms with E-state index >= 15 is 4.39 Å². The molecule has 0 aliphatic carbocycles. The van der Waals surface area contributed by atoms with Gasteiger partial charge in [0.25, 0.3) is 17.7 Å². The summed E-state index contributed by atoms with van der Waals surface area (Å²) in [6.07, 6.45) is 2.77. The summed E-state index contributed by atoms with van der Waals surface area (Å²) in [5.41, 5.74) is 5.96. The van der Waals surface area contributed by atoms with Gasteiger partial charge in [-0.2, -0.15) is 12.6 Å². The van der Waals surface area contributed by atoms with Crippen molar-refractivity contribution < 1.29 is 42.6 Å². The van der Waals surface area contributed by atoms with Crippen molar-refractivity contribution in [3.63, 3.8) is 0 Å². The molecular weight excluding hydrogens is 1030 g/mol. The summed E-state index contributed by atoms with van der Waals surface area (Å²) in [5, 5.41) is 4.33. The number of aromatic nitrogens is 2. The minimum atomic E-state index is -2.31. The number of morpholine rings is 1. The van der Waals surface area contributed by atoms with Crippen LogP contribution in [0.5, 0.6) is 0 Å². The van der Waals surface area contributed by atoms with Crippen LogP contribution in [0.25, 0.3) is 22.2 Å². The number of carbonyl (C=O) groups is 5. The lowest BCUT2D eigenvalue weighted by Gasteiger charge is -2.42. The van der Waals surface area contributed by atoms with Gasteiger partial charge in [-0.05, 0) is 115 Å². The number of benzene rings is 1. The topological polar surface area (TPSA) is 171 Å². The maximum absolute atomic E-state index is 16.6. The molecule has 3 saturated heterocycles. The number of rotatable bonds is 19. The number of ether oxygens (including phenoxy) is 3. The van der Waals surface area contributed by atoms with Crippen molar-refractivity contribution in [3.05, 3.63) is 47.8 Å². The first-order valence-corrected chi connectivity index (χ1v) is 29.3. The second-order valence-corrected chi connectivity index (χ2v) is 26.2. The minimum Gasteiger partial charge on any atom is -0.464 e. The average Bonchev–Trinajstić information content (AvgIpc) is 3.77. The van der Waals surface area contributed by atoms with Crippen LogP contribution in [0.3, 0.4) is 0 Å². The lowest BCUT2D eigenvalue weighted by Crippen LogP contribution is -2.67. The molecule has 3 aliphatic heterocycles. The number of esters is 1. The molecule has 3 unspecified atom stereocenters. The minimum absolute atomic E-state index is 0.00419. The molecule has 0 saturated carbocycles. The molecule has 0 bridgehead atoms. The van der Waals surface area contributed by atoms with E-state index in [1.165, 1.54) is 17.0 Å². The number of alkyl halides is 1. The number of piperidine rings is 1. The molecule has 78 heavy (non-hydrogen) atoms. The van der Waals surface area contributed by atoms with Crippen LogP contribution in [-0.4, -0.2) is 183 Å². The van der Waals surface area contributed by atoms with E-state index in [4.69, 9.17) is 31.8 Å². The zero-order valence-electron chi connectivity index (χ0n) is 49.0. The number of nitrogens with one attached hydrogen (secondary N) is 2. The standard InChI is InChI=1S/C58H88FN9O8SSi/c1-15-44(61-51(70)49(37(3)4)64(13)53(72)57(59)25-29-65(30-26-57)47(69)22-24-56(9,10)63(11)12)52(71)68-28-18-23-58(78,62-68)54(73)76-36-55(7,8)34-43-42-33-40(66-31-32-75-46(35-66)39(6)77)20-21-45(42)67(16-2)50(43)41-19-17-27-60-48(41)38(5)74-14/h17,19-21,27,33,37-39,44,46,49,62,77H,15-16,18,23,25-26,28-32,34-36H2,1-14,78H3,(H,61,70)/t38-,39?,44-,46?,49-,58?/m0/s1. The average molecular weight is 1120 g/mol. The van der Waals surface area contributed by atoms with E-state index in [1.807, 2.05) is 45.8 Å². The molecule has 3 aromatic rings. The van der Waals surface area contributed by atoms with Crippen molar-refractivity contribution >= 4 is 69.1 Å². The lowest BCUT2D eigenvalue weighted by atomic mass is 9.84. The number of aryl methyl sites for hydroxylation is 1. The fourth-order valence-electron chi connectivity index (χ4n) is 10.8. The van der Waals surface area contributed by atoms with Crippen molar-refractivity contribution in [2.45, 2.75) is 160 Å². The van der Waals surface area contributed by atoms with Gasteiger partial charge >= 0.3 is 5.97 Å². The molecular formula is C58H88FN9O8SSi. The predicted octanol–water partition coefficient (Wildman–Crippen LogP) is 5.31. The number of fused-ring (bicyclic) bond motifs is 1. The number of pyridine rings is 1. The number of methoxy groups -OCH3 is 1. The predicted molar refractivity (Wildman–Crippen MR) is 311 cm³/mol. The van der Waals surface area contributed by atoms with Crippen molar-refractivity contribution in [1.82, 2.24) is 40.0 Å². The van der Waals surface area contributed by atoms with Gasteiger partial charge in [0, 0.05) is 116 Å². The Morgan fingerprint density at radius 2 is 1.72 bits per heavy atom. The second-order valence-electron chi connectivity index (χ2n) is 23.7. The van der Waals surface area contributed by atoms with Crippen LogP contribution in [0, 0.1) is 23.2 Å². The Bertz CT molecular complexity index is 2720. The Morgan fingerprint density at radius 3 is 2.33 bits per heavy atom. The molecule has 17 nitrogen and oxygen atoms in total. The zero-order chi connectivity index (χ0) is 57.7. The van der Waals surface area contributed by atoms with Crippen LogP contribution in [0.15, 0.2) is 36.5 Å². The van der Waals surface area contributed by atoms with E-state index in [2.05, 4.69) is 84.0 Å². The molecule has 6 rings (SSSR count). The maximum atomic E-state index is 16.6. The van der Waals surface area contributed by atoms with Gasteiger partial charge in [-0.15, -0.1) is 0 Å². The summed E-state index contributed by atoms with van der Waals surface area (Å²) < 4.78 is 37.1. The van der Waals surface area contributed by atoms with Gasteiger partial charge in [0.15, 0.2) is 5.67 Å². The summed E-state index contributed by atoms with van der Waals surface area (Å²) in [7, 11) is 7.13. The Morgan fingerprint density at radius 1 is 1.03 bits per heavy atom. The number of halogens is 1. The number of hydrazine groups is 1. The summed E-state index contributed by atoms with van der Waals surface area (Å²) in [6.45, 7) is 22.7. The number of likely N-dealkylation sites (N-methyl/N-ethyl adjacent to an activating group) is 1. The number of carbonyl (C=O) groups excluding carboxylic acids is 5. The highest BCUT2D eigenvalue weighted by atomic mass is 32.1. The zero-order valence-corrected chi connectivity index (χ0v) is 51.9. The monoisotopic (exact) mass is 1120 g/mol. The fourth-order valence-corrected chi connectivity index (χ4v) is 11.7. The third-order valence-electron chi connectivity index (χ3n) is 16.2. The Hall–Kier alpha value is -5.04. The molecule has 6 atom stereocenters. The van der Waals surface area contributed by atoms with E-state index in [0.29, 0.717) is 49.2 Å². The van der Waals surface area contributed by atoms with E-state index in [-0.39, 0.29) is 56.4 Å². The van der Waals surface area contributed by atoms with Gasteiger partial charge in [0.1, 0.15) is 17.2 Å². The third kappa shape index (κ3) is 13.9. The van der Waals surface area contributed by atoms with Crippen molar-refractivity contribution in [3.8, 4) is 23.1 Å². The van der Waals surface area contributed by atoms with Crippen molar-refractivity contribution in [2.24, 2.45) is 11.3 Å². The maximum Gasteiger partial charge on any atom is 0.323 e. The van der Waals surface area contributed by atoms with Gasteiger partial charge in [0.2, 0.25) is 5.91 Å². The van der Waals surface area contributed by atoms with E-state index in [1.54, 1.807) is 34.1 Å². The molecule has 0 radical (unpaired) electrons. The molecule has 3 aliphatic rings. The molecule has 430 valence electrons. The summed E-state index contributed by atoms with van der Waals surface area (Å²) in [6, 6.07) is 8.61. The molecule has 1 aromatic carbocycles. The summed E-state index contributed by atoms with van der Waals surface area (Å²) >= 11 is 4.71. The largest absolute Gasteiger partial charge is 0.464 e. The van der Waals surface area contributed by atoms with Gasteiger partial charge in [-0.1, -0.05) is 47.5 Å². The highest BCUT2D eigenvalue weighted by Crippen LogP contribution is 2.42. The number of amides is 4. The van der Waals surface area contributed by atoms with Crippen molar-refractivity contribution in [1.29, 1.82) is 0 Å². The Balaban J connectivity index is 1.15. The molecule has 3 fully saturated rings. The highest BCUT2D eigenvalue weighted by Gasteiger charge is 2.48. The SMILES string of the molecule is CC[C@H](NC(=O)[C@H](C(C)C)N(C)C(=O)C1(F)CCN(C(=O)C#CC(C)(C)N(C)C)CC1)C(=O)N1CCCC([SiH3])(C(=O)OCC(C)(C)Cc2c(-c3cccnc3[C@H](C)OC)n(CC)c3ccc(N4CCOC(C(C)S)C4)cc23)N1. The van der Waals surface area contributed by atoms with Gasteiger partial charge < -0.3 is 38.8 Å². The third-order valence-corrected chi connectivity index (χ3v) is 17.6. The first-order chi connectivity index (χ1) is 36.6. The van der Waals surface area contributed by atoms with Gasteiger partial charge in [-0.25, -0.2) is 9.82 Å². The van der Waals surface area contributed by atoms with Crippen molar-refractivity contribution in [2.75, 3.05) is 79.1 Å². The number of nitrogens with zero attached hydrogens (tertiary/aromatic N) is 7. The van der Waals surface area contributed by atoms with Crippen LogP contribution < -0.4 is 15.6 Å². The quantitative estimate of drug-likeness (QED) is 0.0614. The summed E-state index contributed by atoms with van der Waals surface area (Å²) in [5.74, 6) is 2.43. The molecule has 2 aromatic heterocycles. The number of hydrogen-bond donors (Lipinski definition) is 3. The smallest absolute Gasteiger partial charge is 0.323 e. The molecule has 2 N–H and O–H groups in total. The van der Waals surface area contributed by atoms with Crippen LogP contribution in [0.1, 0.15) is 119 Å². The van der Waals surface area contributed by atoms with E-state index in [0.717, 1.165) is 57.1 Å². The van der Waals surface area contributed by atoms with Crippen LogP contribution in [0.2, 0.25) is 0 Å². The molecule has 4 amide bonds. The Kier molecular flexibility index (Phi) is 20.4. The number of hydrogen-bond acceptors (Lipinski definition) is 13. The lowest BCUT2D eigenvalue weighted by molar-refractivity contribution is -0.158. The Labute approximate surface area is 471 Å². The van der Waals surface area contributed by atoms with Crippen LogP contribution in [0.4, 0.5) is 10.1 Å². The van der Waals surface area contributed by atoms with E-state index in [9.17, 15) is 24.0 Å². The molecule has 5 heterocycles. The molecule has 20 heteroatoms. The van der Waals surface area contributed by atoms with Gasteiger partial charge in [0.05, 0.1) is 42.3 Å². The molecule has 0 spiro atoms. The first kappa shape index (κ1) is 62.2. The van der Waals surface area contributed by atoms with Crippen LogP contribution >= 0.6 is 12.6 Å². The summed E-state index contributed by atoms with van der Waals surface area (Å²) in [4.78, 5) is 81.4. The number of likely N-dealkylation sites (tertiary alicyclic amines) is 1. The van der Waals surface area contributed by atoms with E-state index < -0.39 is 69.4 Å². The second kappa shape index (κ2) is 25.6. The number of thiol groups is 1. The number of anilines is 1. The normalized spacial score (nSPS) is 20.7.